The zero-order chi connectivity index (χ0) is 25.1. The average molecular weight is 479 g/mol. The van der Waals surface area contributed by atoms with Crippen molar-refractivity contribution in [2.75, 3.05) is 31.5 Å². The van der Waals surface area contributed by atoms with E-state index in [4.69, 9.17) is 0 Å². The number of carbonyl (C=O) groups excluding carboxylic acids is 2. The largest absolute Gasteiger partial charge is 0.416 e. The summed E-state index contributed by atoms with van der Waals surface area (Å²) in [6.45, 7) is 11.6. The highest BCUT2D eigenvalue weighted by Gasteiger charge is 2.31. The Hall–Kier alpha value is -2.81. The van der Waals surface area contributed by atoms with Crippen molar-refractivity contribution in [2.24, 2.45) is 0 Å². The molecule has 9 heteroatoms. The van der Waals surface area contributed by atoms with Crippen LogP contribution in [0.15, 0.2) is 30.3 Å². The summed E-state index contributed by atoms with van der Waals surface area (Å²) in [6.07, 6.45) is -3.43. The number of halogens is 3. The molecule has 2 aromatic rings. The van der Waals surface area contributed by atoms with Crippen LogP contribution in [0.4, 0.5) is 18.9 Å². The highest BCUT2D eigenvalue weighted by Crippen LogP contribution is 2.32. The van der Waals surface area contributed by atoms with E-state index in [1.165, 1.54) is 12.1 Å². The SMILES string of the molecule is Cc1c(C(=O)Nc2cccc(C(F)(F)F)c2)cc(C(C)(C)C)n1CCCC(=O)N1CCNCC1. The van der Waals surface area contributed by atoms with Gasteiger partial charge in [0.1, 0.15) is 0 Å². The summed E-state index contributed by atoms with van der Waals surface area (Å²) in [5, 5.41) is 5.83. The number of nitrogens with one attached hydrogen (secondary N) is 2. The smallest absolute Gasteiger partial charge is 0.348 e. The van der Waals surface area contributed by atoms with Crippen molar-refractivity contribution < 1.29 is 22.8 Å². The van der Waals surface area contributed by atoms with Crippen LogP contribution in [0.1, 0.15) is 60.9 Å². The van der Waals surface area contributed by atoms with Gasteiger partial charge in [0, 0.05) is 61.6 Å². The minimum Gasteiger partial charge on any atom is -0.348 e. The Morgan fingerprint density at radius 2 is 1.76 bits per heavy atom. The Labute approximate surface area is 198 Å². The van der Waals surface area contributed by atoms with Crippen LogP contribution in [-0.4, -0.2) is 47.5 Å². The van der Waals surface area contributed by atoms with Crippen LogP contribution in [-0.2, 0) is 22.9 Å². The lowest BCUT2D eigenvalue weighted by Gasteiger charge is -2.27. The third-order valence-corrected chi connectivity index (χ3v) is 6.07. The Bertz CT molecular complexity index is 1030. The van der Waals surface area contributed by atoms with Gasteiger partial charge in [0.2, 0.25) is 5.91 Å². The molecule has 186 valence electrons. The second-order valence-electron chi connectivity index (χ2n) is 9.70. The molecule has 6 nitrogen and oxygen atoms in total. The fourth-order valence-electron chi connectivity index (χ4n) is 4.22. The quantitative estimate of drug-likeness (QED) is 0.639. The van der Waals surface area contributed by atoms with Gasteiger partial charge in [-0.05, 0) is 37.6 Å². The molecule has 3 rings (SSSR count). The highest BCUT2D eigenvalue weighted by atomic mass is 19.4. The van der Waals surface area contributed by atoms with Gasteiger partial charge in [0.25, 0.3) is 5.91 Å². The van der Waals surface area contributed by atoms with Crippen LogP contribution < -0.4 is 10.6 Å². The number of carbonyl (C=O) groups is 2. The first kappa shape index (κ1) is 25.8. The minimum atomic E-state index is -4.48. The number of amides is 2. The van der Waals surface area contributed by atoms with E-state index in [0.717, 1.165) is 36.6 Å². The summed E-state index contributed by atoms with van der Waals surface area (Å²) in [6, 6.07) is 6.40. The first-order valence-electron chi connectivity index (χ1n) is 11.6. The maximum Gasteiger partial charge on any atom is 0.416 e. The molecule has 1 aliphatic rings. The van der Waals surface area contributed by atoms with Crippen molar-refractivity contribution in [1.29, 1.82) is 0 Å². The lowest BCUT2D eigenvalue weighted by Crippen LogP contribution is -2.46. The van der Waals surface area contributed by atoms with Crippen LogP contribution in [0.2, 0.25) is 0 Å². The Kier molecular flexibility index (Phi) is 7.75. The van der Waals surface area contributed by atoms with Gasteiger partial charge >= 0.3 is 6.18 Å². The lowest BCUT2D eigenvalue weighted by molar-refractivity contribution is -0.137. The van der Waals surface area contributed by atoms with Crippen LogP contribution >= 0.6 is 0 Å². The van der Waals surface area contributed by atoms with Crippen LogP contribution in [0.25, 0.3) is 0 Å². The van der Waals surface area contributed by atoms with Gasteiger partial charge in [-0.25, -0.2) is 0 Å². The van der Waals surface area contributed by atoms with Crippen LogP contribution in [0.5, 0.6) is 0 Å². The van der Waals surface area contributed by atoms with Crippen molar-refractivity contribution in [1.82, 2.24) is 14.8 Å². The number of piperazine rings is 1. The molecule has 1 aliphatic heterocycles. The molecule has 34 heavy (non-hydrogen) atoms. The van der Waals surface area contributed by atoms with Crippen LogP contribution in [0.3, 0.4) is 0 Å². The van der Waals surface area contributed by atoms with Gasteiger partial charge in [-0.3, -0.25) is 9.59 Å². The number of aromatic nitrogens is 1. The molecule has 0 aliphatic carbocycles. The highest BCUT2D eigenvalue weighted by molar-refractivity contribution is 6.05. The Balaban J connectivity index is 1.76. The molecule has 0 spiro atoms. The van der Waals surface area contributed by atoms with Gasteiger partial charge in [-0.1, -0.05) is 26.8 Å². The summed E-state index contributed by atoms with van der Waals surface area (Å²) in [4.78, 5) is 27.4. The number of hydrogen-bond donors (Lipinski definition) is 2. The van der Waals surface area contributed by atoms with E-state index in [2.05, 4.69) is 10.6 Å². The summed E-state index contributed by atoms with van der Waals surface area (Å²) >= 11 is 0. The summed E-state index contributed by atoms with van der Waals surface area (Å²) < 4.78 is 41.1. The van der Waals surface area contributed by atoms with Gasteiger partial charge in [-0.15, -0.1) is 0 Å². The topological polar surface area (TPSA) is 66.4 Å². The number of nitrogens with zero attached hydrogens (tertiary/aromatic N) is 2. The summed E-state index contributed by atoms with van der Waals surface area (Å²) in [7, 11) is 0. The summed E-state index contributed by atoms with van der Waals surface area (Å²) in [5.74, 6) is -0.330. The molecule has 0 unspecified atom stereocenters. The monoisotopic (exact) mass is 478 g/mol. The molecule has 0 saturated carbocycles. The first-order chi connectivity index (χ1) is 15.9. The van der Waals surface area contributed by atoms with E-state index in [1.54, 1.807) is 6.07 Å². The molecular weight excluding hydrogens is 445 g/mol. The molecule has 2 N–H and O–H groups in total. The number of hydrogen-bond acceptors (Lipinski definition) is 3. The second-order valence-corrected chi connectivity index (χ2v) is 9.70. The molecule has 1 aromatic carbocycles. The molecule has 0 radical (unpaired) electrons. The molecule has 0 atom stereocenters. The van der Waals surface area contributed by atoms with Crippen molar-refractivity contribution in [3.05, 3.63) is 52.8 Å². The van der Waals surface area contributed by atoms with Gasteiger partial charge in [0.05, 0.1) is 11.1 Å². The third-order valence-electron chi connectivity index (χ3n) is 6.07. The molecule has 1 saturated heterocycles. The average Bonchev–Trinajstić information content (AvgIpc) is 3.11. The Morgan fingerprint density at radius 1 is 1.09 bits per heavy atom. The second kappa shape index (κ2) is 10.2. The predicted octanol–water partition coefficient (Wildman–Crippen LogP) is 4.58. The molecule has 2 heterocycles. The van der Waals surface area contributed by atoms with Crippen molar-refractivity contribution in [3.8, 4) is 0 Å². The molecule has 1 aromatic heterocycles. The maximum absolute atomic E-state index is 13.0. The van der Waals surface area contributed by atoms with Gasteiger partial charge in [-0.2, -0.15) is 13.2 Å². The Morgan fingerprint density at radius 3 is 2.38 bits per heavy atom. The van der Waals surface area contributed by atoms with Crippen molar-refractivity contribution in [3.63, 3.8) is 0 Å². The predicted molar refractivity (Wildman–Crippen MR) is 126 cm³/mol. The van der Waals surface area contributed by atoms with E-state index >= 15 is 0 Å². The maximum atomic E-state index is 13.0. The number of rotatable bonds is 6. The number of benzene rings is 1. The molecule has 2 amide bonds. The fourth-order valence-corrected chi connectivity index (χ4v) is 4.22. The zero-order valence-corrected chi connectivity index (χ0v) is 20.2. The van der Waals surface area contributed by atoms with Crippen LogP contribution in [0, 0.1) is 6.92 Å². The van der Waals surface area contributed by atoms with Gasteiger partial charge < -0.3 is 20.1 Å². The van der Waals surface area contributed by atoms with E-state index in [-0.39, 0.29) is 17.0 Å². The molecular formula is C25H33F3N4O2. The lowest BCUT2D eigenvalue weighted by atomic mass is 9.91. The third kappa shape index (κ3) is 6.20. The number of alkyl halides is 3. The number of anilines is 1. The molecule has 0 bridgehead atoms. The first-order valence-corrected chi connectivity index (χ1v) is 11.6. The van der Waals surface area contributed by atoms with E-state index in [1.807, 2.05) is 37.2 Å². The normalized spacial score (nSPS) is 14.9. The van der Waals surface area contributed by atoms with Crippen molar-refractivity contribution >= 4 is 17.5 Å². The van der Waals surface area contributed by atoms with E-state index < -0.39 is 17.6 Å². The molecule has 1 fully saturated rings. The fraction of sp³-hybridized carbons (Fsp3) is 0.520. The van der Waals surface area contributed by atoms with E-state index in [0.29, 0.717) is 38.0 Å². The minimum absolute atomic E-state index is 0.0888. The summed E-state index contributed by atoms with van der Waals surface area (Å²) in [5.41, 5.74) is 1.09. The standard InChI is InChI=1S/C25H33F3N4O2/c1-17-20(23(34)30-19-8-5-7-18(15-19)25(26,27)28)16-21(24(2,3)4)32(17)12-6-9-22(33)31-13-10-29-11-14-31/h5,7-8,15-16,29H,6,9-14H2,1-4H3,(H,30,34). The van der Waals surface area contributed by atoms with Gasteiger partial charge in [0.15, 0.2) is 0 Å². The zero-order valence-electron chi connectivity index (χ0n) is 20.2. The van der Waals surface area contributed by atoms with Crippen molar-refractivity contribution in [2.45, 2.75) is 58.7 Å². The van der Waals surface area contributed by atoms with E-state index in [9.17, 15) is 22.8 Å².